The van der Waals surface area contributed by atoms with Crippen LogP contribution in [0.15, 0.2) is 12.2 Å². The number of nitrogens with one attached hydrogen (secondary N) is 1. The lowest BCUT2D eigenvalue weighted by Gasteiger charge is -2.25. The van der Waals surface area contributed by atoms with E-state index in [4.69, 9.17) is 14.8 Å². The van der Waals surface area contributed by atoms with Gasteiger partial charge >= 0.3 is 7.82 Å². The molecule has 10 heteroatoms. The number of carbonyl (C=O) groups is 1. The van der Waals surface area contributed by atoms with Crippen molar-refractivity contribution in [3.8, 4) is 0 Å². The van der Waals surface area contributed by atoms with E-state index in [0.29, 0.717) is 12.8 Å². The van der Waals surface area contributed by atoms with Gasteiger partial charge in [-0.15, -0.1) is 0 Å². The number of hydrogen-bond donors (Lipinski definition) is 5. The number of phosphoric acid groups is 1. The fourth-order valence-electron chi connectivity index (χ4n) is 7.65. The summed E-state index contributed by atoms with van der Waals surface area (Å²) in [5.41, 5.74) is 5.38. The van der Waals surface area contributed by atoms with E-state index in [2.05, 4.69) is 31.3 Å². The molecule has 0 bridgehead atoms. The predicted molar refractivity (Wildman–Crippen MR) is 246 cm³/mol. The Morgan fingerprint density at radius 2 is 0.931 bits per heavy atom. The highest BCUT2D eigenvalue weighted by molar-refractivity contribution is 7.47. The van der Waals surface area contributed by atoms with Gasteiger partial charge in [0.2, 0.25) is 5.91 Å². The van der Waals surface area contributed by atoms with Crippen LogP contribution in [0.2, 0.25) is 0 Å². The third kappa shape index (κ3) is 41.9. The summed E-state index contributed by atoms with van der Waals surface area (Å²) in [6.45, 7) is 4.07. The predicted octanol–water partition coefficient (Wildman–Crippen LogP) is 13.3. The fourth-order valence-corrected chi connectivity index (χ4v) is 8.41. The number of aliphatic hydroxyl groups excluding tert-OH is 2. The van der Waals surface area contributed by atoms with Gasteiger partial charge in [-0.1, -0.05) is 219 Å². The van der Waals surface area contributed by atoms with E-state index >= 15 is 0 Å². The molecule has 0 aliphatic carbocycles. The van der Waals surface area contributed by atoms with Crippen LogP contribution in [0.5, 0.6) is 0 Å². The molecule has 0 spiro atoms. The Morgan fingerprint density at radius 1 is 0.569 bits per heavy atom. The molecular weight excluding hydrogens is 748 g/mol. The molecule has 0 rings (SSSR count). The van der Waals surface area contributed by atoms with Crippen LogP contribution in [0.25, 0.3) is 0 Å². The highest BCUT2D eigenvalue weighted by Gasteiger charge is 2.28. The van der Waals surface area contributed by atoms with Crippen LogP contribution < -0.4 is 11.1 Å². The average Bonchev–Trinajstić information content (AvgIpc) is 3.20. The molecule has 0 saturated heterocycles. The van der Waals surface area contributed by atoms with Crippen LogP contribution in [-0.4, -0.2) is 59.0 Å². The molecule has 0 fully saturated rings. The summed E-state index contributed by atoms with van der Waals surface area (Å²) in [4.78, 5) is 22.9. The summed E-state index contributed by atoms with van der Waals surface area (Å²) >= 11 is 0. The van der Waals surface area contributed by atoms with Gasteiger partial charge in [0.05, 0.1) is 37.9 Å². The molecule has 4 atom stereocenters. The van der Waals surface area contributed by atoms with Crippen molar-refractivity contribution in [2.24, 2.45) is 5.73 Å². The molecule has 0 heterocycles. The summed E-state index contributed by atoms with van der Waals surface area (Å²) in [5, 5.41) is 24.3. The van der Waals surface area contributed by atoms with Crippen molar-refractivity contribution in [2.45, 2.75) is 270 Å². The van der Waals surface area contributed by atoms with Gasteiger partial charge in [-0.25, -0.2) is 4.57 Å². The lowest BCUT2D eigenvalue weighted by atomic mass is 10.0. The topological polar surface area (TPSA) is 151 Å². The minimum atomic E-state index is -4.38. The van der Waals surface area contributed by atoms with E-state index in [-0.39, 0.29) is 26.2 Å². The molecule has 346 valence electrons. The number of phosphoric ester groups is 1. The first-order valence-corrected chi connectivity index (χ1v) is 26.4. The monoisotopic (exact) mass is 845 g/mol. The molecule has 0 aromatic carbocycles. The largest absolute Gasteiger partial charge is 0.472 e. The Morgan fingerprint density at radius 3 is 1.33 bits per heavy atom. The number of rotatable bonds is 47. The van der Waals surface area contributed by atoms with Crippen LogP contribution in [0.1, 0.15) is 251 Å². The molecule has 0 radical (unpaired) electrons. The second-order valence-electron chi connectivity index (χ2n) is 17.2. The molecule has 0 aromatic heterocycles. The molecule has 0 aliphatic heterocycles. The van der Waals surface area contributed by atoms with Gasteiger partial charge in [0.15, 0.2) is 0 Å². The Balaban J connectivity index is 4.14. The number of aliphatic hydroxyl groups is 2. The van der Waals surface area contributed by atoms with Crippen molar-refractivity contribution >= 4 is 13.7 Å². The zero-order chi connectivity index (χ0) is 42.6. The van der Waals surface area contributed by atoms with Gasteiger partial charge in [-0.3, -0.25) is 13.8 Å². The first kappa shape index (κ1) is 57.2. The van der Waals surface area contributed by atoms with Crippen LogP contribution in [0.3, 0.4) is 0 Å². The van der Waals surface area contributed by atoms with E-state index < -0.39 is 32.0 Å². The van der Waals surface area contributed by atoms with Crippen molar-refractivity contribution in [2.75, 3.05) is 19.8 Å². The second-order valence-corrected chi connectivity index (χ2v) is 18.7. The van der Waals surface area contributed by atoms with E-state index in [9.17, 15) is 24.5 Å². The molecule has 9 nitrogen and oxygen atoms in total. The third-order valence-electron chi connectivity index (χ3n) is 11.4. The average molecular weight is 845 g/mol. The van der Waals surface area contributed by atoms with Crippen molar-refractivity contribution in [3.05, 3.63) is 12.2 Å². The maximum atomic E-state index is 12.9. The van der Waals surface area contributed by atoms with Gasteiger partial charge in [0.1, 0.15) is 0 Å². The molecular formula is C48H97N2O7P. The molecule has 1 amide bonds. The van der Waals surface area contributed by atoms with Gasteiger partial charge in [-0.05, 0) is 38.5 Å². The second kappa shape index (κ2) is 44.3. The highest BCUT2D eigenvalue weighted by atomic mass is 31.2. The standard InChI is InChI=1S/C48H97N2O7P/c1-3-5-7-9-11-13-15-17-19-20-21-22-23-24-26-27-29-31-33-35-37-39-45(51)43-48(53)50-46(44-57-58(54,55)56-42-41-49)47(52)40-38-36-34-32-30-28-25-18-16-14-12-10-8-6-4-2/h24,26,45-47,51-52H,3-23,25,27-44,49H2,1-2H3,(H,50,53)(H,54,55)/b26-24-. The van der Waals surface area contributed by atoms with E-state index in [1.165, 1.54) is 173 Å². The van der Waals surface area contributed by atoms with Crippen molar-refractivity contribution in [3.63, 3.8) is 0 Å². The minimum Gasteiger partial charge on any atom is -0.393 e. The molecule has 4 unspecified atom stereocenters. The van der Waals surface area contributed by atoms with Crippen molar-refractivity contribution in [1.29, 1.82) is 0 Å². The maximum Gasteiger partial charge on any atom is 0.472 e. The molecule has 0 aromatic rings. The van der Waals surface area contributed by atoms with E-state index in [1.807, 2.05) is 0 Å². The normalized spacial score (nSPS) is 14.5. The maximum absolute atomic E-state index is 12.9. The van der Waals surface area contributed by atoms with Crippen LogP contribution in [0.4, 0.5) is 0 Å². The number of amides is 1. The summed E-state index contributed by atoms with van der Waals surface area (Å²) < 4.78 is 22.2. The third-order valence-corrected chi connectivity index (χ3v) is 12.4. The summed E-state index contributed by atoms with van der Waals surface area (Å²) in [5.74, 6) is -0.414. The Labute approximate surface area is 358 Å². The van der Waals surface area contributed by atoms with E-state index in [0.717, 1.165) is 44.9 Å². The van der Waals surface area contributed by atoms with Crippen molar-refractivity contribution < 1.29 is 33.5 Å². The number of carbonyl (C=O) groups excluding carboxylic acids is 1. The number of unbranched alkanes of at least 4 members (excludes halogenated alkanes) is 31. The molecule has 0 saturated carbocycles. The van der Waals surface area contributed by atoms with Gasteiger partial charge in [0.25, 0.3) is 0 Å². The van der Waals surface area contributed by atoms with Gasteiger partial charge in [0, 0.05) is 6.54 Å². The van der Waals surface area contributed by atoms with Gasteiger partial charge < -0.3 is 26.2 Å². The van der Waals surface area contributed by atoms with Gasteiger partial charge in [-0.2, -0.15) is 0 Å². The smallest absolute Gasteiger partial charge is 0.393 e. The molecule has 0 aliphatic rings. The quantitative estimate of drug-likeness (QED) is 0.0231. The Hall–Kier alpha value is -0.800. The van der Waals surface area contributed by atoms with Crippen LogP contribution in [0, 0.1) is 0 Å². The van der Waals surface area contributed by atoms with E-state index in [1.54, 1.807) is 0 Å². The summed E-state index contributed by atoms with van der Waals surface area (Å²) in [6, 6.07) is -0.896. The number of allylic oxidation sites excluding steroid dienone is 2. The zero-order valence-corrected chi connectivity index (χ0v) is 39.1. The van der Waals surface area contributed by atoms with Crippen molar-refractivity contribution in [1.82, 2.24) is 5.32 Å². The Kier molecular flexibility index (Phi) is 43.7. The summed E-state index contributed by atoms with van der Waals surface area (Å²) in [6.07, 6.45) is 46.9. The summed E-state index contributed by atoms with van der Waals surface area (Å²) in [7, 11) is -4.38. The molecule has 6 N–H and O–H groups in total. The first-order chi connectivity index (χ1) is 28.3. The SMILES string of the molecule is CCCCCCCCCCCCCC/C=C\CCCCCCCC(O)CC(=O)NC(COP(=O)(O)OCCN)C(O)CCCCCCCCCCCCCCCCC. The lowest BCUT2D eigenvalue weighted by molar-refractivity contribution is -0.125. The first-order valence-electron chi connectivity index (χ1n) is 24.9. The lowest BCUT2D eigenvalue weighted by Crippen LogP contribution is -2.47. The minimum absolute atomic E-state index is 0.0602. The van der Waals surface area contributed by atoms with Crippen LogP contribution >= 0.6 is 7.82 Å². The fraction of sp³-hybridized carbons (Fsp3) is 0.938. The molecule has 58 heavy (non-hydrogen) atoms. The number of nitrogens with two attached hydrogens (primary N) is 1. The zero-order valence-electron chi connectivity index (χ0n) is 38.2. The van der Waals surface area contributed by atoms with Crippen LogP contribution in [-0.2, 0) is 18.4 Å². The highest BCUT2D eigenvalue weighted by Crippen LogP contribution is 2.43. The Bertz CT molecular complexity index is 940. The number of hydrogen-bond acceptors (Lipinski definition) is 7.